The number of carbonyl (C=O) groups is 3. The standard InChI is InChI=1S/C12H10ClFN2O3/c13-7-3-1-2-6(10(7)14)11(18)15-8-4-5-9(17)16-12(8)19/h1-3,8H,4-5H2,(H,15,18)(H,16,17,19). The smallest absolute Gasteiger partial charge is 0.254 e. The fourth-order valence-corrected chi connectivity index (χ4v) is 1.92. The minimum atomic E-state index is -0.844. The molecule has 0 aliphatic carbocycles. The van der Waals surface area contributed by atoms with Gasteiger partial charge in [-0.2, -0.15) is 0 Å². The van der Waals surface area contributed by atoms with Crippen LogP contribution in [0.3, 0.4) is 0 Å². The van der Waals surface area contributed by atoms with Crippen molar-refractivity contribution < 1.29 is 18.8 Å². The van der Waals surface area contributed by atoms with Gasteiger partial charge in [-0.3, -0.25) is 19.7 Å². The zero-order valence-electron chi connectivity index (χ0n) is 9.70. The van der Waals surface area contributed by atoms with Gasteiger partial charge in [0.2, 0.25) is 11.8 Å². The van der Waals surface area contributed by atoms with Gasteiger partial charge in [-0.1, -0.05) is 17.7 Å². The molecular weight excluding hydrogens is 275 g/mol. The van der Waals surface area contributed by atoms with Crippen LogP contribution < -0.4 is 10.6 Å². The number of hydrogen-bond donors (Lipinski definition) is 2. The Morgan fingerprint density at radius 3 is 2.84 bits per heavy atom. The van der Waals surface area contributed by atoms with Gasteiger partial charge in [0.15, 0.2) is 5.82 Å². The zero-order valence-corrected chi connectivity index (χ0v) is 10.5. The van der Waals surface area contributed by atoms with Crippen LogP contribution in [0.4, 0.5) is 4.39 Å². The molecule has 1 fully saturated rings. The van der Waals surface area contributed by atoms with E-state index >= 15 is 0 Å². The van der Waals surface area contributed by atoms with Crippen molar-refractivity contribution >= 4 is 29.3 Å². The van der Waals surface area contributed by atoms with Crippen molar-refractivity contribution in [1.82, 2.24) is 10.6 Å². The first kappa shape index (κ1) is 13.5. The van der Waals surface area contributed by atoms with Gasteiger partial charge in [0, 0.05) is 6.42 Å². The van der Waals surface area contributed by atoms with Gasteiger partial charge < -0.3 is 5.32 Å². The zero-order chi connectivity index (χ0) is 14.0. The minimum Gasteiger partial charge on any atom is -0.340 e. The number of halogens is 2. The number of amides is 3. The van der Waals surface area contributed by atoms with Crippen molar-refractivity contribution in [2.75, 3.05) is 0 Å². The fraction of sp³-hybridized carbons (Fsp3) is 0.250. The quantitative estimate of drug-likeness (QED) is 0.796. The maximum atomic E-state index is 13.6. The van der Waals surface area contributed by atoms with Gasteiger partial charge in [0.25, 0.3) is 5.91 Å². The lowest BCUT2D eigenvalue weighted by Crippen LogP contribution is -2.52. The Morgan fingerprint density at radius 2 is 2.16 bits per heavy atom. The Balaban J connectivity index is 2.11. The highest BCUT2D eigenvalue weighted by molar-refractivity contribution is 6.31. The first-order chi connectivity index (χ1) is 8.99. The number of nitrogens with one attached hydrogen (secondary N) is 2. The van der Waals surface area contributed by atoms with Crippen LogP contribution in [0, 0.1) is 5.82 Å². The van der Waals surface area contributed by atoms with E-state index in [1.54, 1.807) is 0 Å². The SMILES string of the molecule is O=C1CCC(NC(=O)c2cccc(Cl)c2F)C(=O)N1. The third-order valence-electron chi connectivity index (χ3n) is 2.74. The van der Waals surface area contributed by atoms with E-state index in [1.807, 2.05) is 0 Å². The summed E-state index contributed by atoms with van der Waals surface area (Å²) in [5.74, 6) is -2.56. The van der Waals surface area contributed by atoms with E-state index in [1.165, 1.54) is 18.2 Å². The Hall–Kier alpha value is -1.95. The molecular formula is C12H10ClFN2O3. The van der Waals surface area contributed by atoms with Crippen LogP contribution in [0.2, 0.25) is 5.02 Å². The van der Waals surface area contributed by atoms with Crippen LogP contribution >= 0.6 is 11.6 Å². The van der Waals surface area contributed by atoms with Crippen molar-refractivity contribution in [3.05, 3.63) is 34.6 Å². The second-order valence-electron chi connectivity index (χ2n) is 4.08. The molecule has 19 heavy (non-hydrogen) atoms. The molecule has 100 valence electrons. The van der Waals surface area contributed by atoms with Gasteiger partial charge in [-0.15, -0.1) is 0 Å². The molecule has 2 N–H and O–H groups in total. The van der Waals surface area contributed by atoms with Crippen molar-refractivity contribution in [2.45, 2.75) is 18.9 Å². The third-order valence-corrected chi connectivity index (χ3v) is 3.03. The summed E-state index contributed by atoms with van der Waals surface area (Å²) in [6.07, 6.45) is 0.327. The molecule has 1 heterocycles. The molecule has 1 saturated heterocycles. The third kappa shape index (κ3) is 2.90. The normalized spacial score (nSPS) is 18.9. The summed E-state index contributed by atoms with van der Waals surface area (Å²) in [7, 11) is 0. The topological polar surface area (TPSA) is 75.3 Å². The van der Waals surface area contributed by atoms with Crippen molar-refractivity contribution in [3.8, 4) is 0 Å². The second kappa shape index (κ2) is 5.36. The number of piperidine rings is 1. The van der Waals surface area contributed by atoms with Crippen LogP contribution in [0.5, 0.6) is 0 Å². The van der Waals surface area contributed by atoms with Gasteiger partial charge in [0.1, 0.15) is 6.04 Å². The number of rotatable bonds is 2. The monoisotopic (exact) mass is 284 g/mol. The maximum Gasteiger partial charge on any atom is 0.254 e. The van der Waals surface area contributed by atoms with Gasteiger partial charge >= 0.3 is 0 Å². The molecule has 1 atom stereocenters. The molecule has 7 heteroatoms. The average molecular weight is 285 g/mol. The number of hydrogen-bond acceptors (Lipinski definition) is 3. The van der Waals surface area contributed by atoms with E-state index in [4.69, 9.17) is 11.6 Å². The van der Waals surface area contributed by atoms with E-state index < -0.39 is 23.7 Å². The molecule has 0 spiro atoms. The number of benzene rings is 1. The summed E-state index contributed by atoms with van der Waals surface area (Å²) in [5.41, 5.74) is -0.239. The van der Waals surface area contributed by atoms with Gasteiger partial charge in [-0.05, 0) is 18.6 Å². The van der Waals surface area contributed by atoms with E-state index in [9.17, 15) is 18.8 Å². The molecule has 2 rings (SSSR count). The Kier molecular flexibility index (Phi) is 3.80. The van der Waals surface area contributed by atoms with Crippen molar-refractivity contribution in [1.29, 1.82) is 0 Å². The average Bonchev–Trinajstić information content (AvgIpc) is 2.36. The summed E-state index contributed by atoms with van der Waals surface area (Å²) < 4.78 is 13.6. The lowest BCUT2D eigenvalue weighted by Gasteiger charge is -2.21. The highest BCUT2D eigenvalue weighted by Crippen LogP contribution is 2.18. The summed E-state index contributed by atoms with van der Waals surface area (Å²) in [4.78, 5) is 34.2. The molecule has 1 aliphatic rings. The molecule has 1 aromatic rings. The van der Waals surface area contributed by atoms with Crippen LogP contribution in [0.1, 0.15) is 23.2 Å². The van der Waals surface area contributed by atoms with Crippen LogP contribution in [-0.2, 0) is 9.59 Å². The summed E-state index contributed by atoms with van der Waals surface area (Å²) in [6.45, 7) is 0. The summed E-state index contributed by atoms with van der Waals surface area (Å²) >= 11 is 5.57. The predicted molar refractivity (Wildman–Crippen MR) is 65.0 cm³/mol. The first-order valence-corrected chi connectivity index (χ1v) is 5.95. The Bertz CT molecular complexity index is 562. The minimum absolute atomic E-state index is 0.134. The second-order valence-corrected chi connectivity index (χ2v) is 4.49. The summed E-state index contributed by atoms with van der Waals surface area (Å²) in [6, 6.07) is 3.18. The maximum absolute atomic E-state index is 13.6. The van der Waals surface area contributed by atoms with E-state index in [0.29, 0.717) is 0 Å². The summed E-state index contributed by atoms with van der Waals surface area (Å²) in [5, 5.41) is 4.30. The molecule has 0 bridgehead atoms. The van der Waals surface area contributed by atoms with E-state index in [0.717, 1.165) is 0 Å². The van der Waals surface area contributed by atoms with Crippen LogP contribution in [-0.4, -0.2) is 23.8 Å². The van der Waals surface area contributed by atoms with Crippen molar-refractivity contribution in [2.24, 2.45) is 0 Å². The van der Waals surface area contributed by atoms with Crippen LogP contribution in [0.15, 0.2) is 18.2 Å². The van der Waals surface area contributed by atoms with Gasteiger partial charge in [0.05, 0.1) is 10.6 Å². The fourth-order valence-electron chi connectivity index (χ4n) is 1.75. The highest BCUT2D eigenvalue weighted by atomic mass is 35.5. The highest BCUT2D eigenvalue weighted by Gasteiger charge is 2.28. The molecule has 0 saturated carbocycles. The van der Waals surface area contributed by atoms with Crippen LogP contribution in [0.25, 0.3) is 0 Å². The largest absolute Gasteiger partial charge is 0.340 e. The molecule has 5 nitrogen and oxygen atoms in total. The molecule has 1 aliphatic heterocycles. The van der Waals surface area contributed by atoms with E-state index in [-0.39, 0.29) is 29.3 Å². The number of imide groups is 1. The van der Waals surface area contributed by atoms with E-state index in [2.05, 4.69) is 10.6 Å². The predicted octanol–water partition coefficient (Wildman–Crippen LogP) is 1.01. The Labute approximate surface area is 113 Å². The Morgan fingerprint density at radius 1 is 1.42 bits per heavy atom. The molecule has 3 amide bonds. The van der Waals surface area contributed by atoms with Crippen molar-refractivity contribution in [3.63, 3.8) is 0 Å². The molecule has 0 radical (unpaired) electrons. The molecule has 1 unspecified atom stereocenters. The lowest BCUT2D eigenvalue weighted by atomic mass is 10.1. The number of carbonyl (C=O) groups excluding carboxylic acids is 3. The first-order valence-electron chi connectivity index (χ1n) is 5.57. The molecule has 0 aromatic heterocycles. The lowest BCUT2D eigenvalue weighted by molar-refractivity contribution is -0.134. The van der Waals surface area contributed by atoms with Gasteiger partial charge in [-0.25, -0.2) is 4.39 Å². The molecule has 1 aromatic carbocycles.